The van der Waals surface area contributed by atoms with Crippen LogP contribution in [0.1, 0.15) is 28.4 Å². The van der Waals surface area contributed by atoms with Gasteiger partial charge in [-0.25, -0.2) is 4.39 Å². The van der Waals surface area contributed by atoms with Gasteiger partial charge in [0.25, 0.3) is 0 Å². The maximum absolute atomic E-state index is 13.3. The van der Waals surface area contributed by atoms with Gasteiger partial charge in [-0.2, -0.15) is 9.97 Å². The van der Waals surface area contributed by atoms with Crippen LogP contribution in [-0.4, -0.2) is 26.1 Å². The summed E-state index contributed by atoms with van der Waals surface area (Å²) in [5, 5.41) is 0.0857. The number of ketones is 1. The number of hydrogen-bond acceptors (Lipinski definition) is 5. The van der Waals surface area contributed by atoms with Crippen molar-refractivity contribution in [3.05, 3.63) is 46.9 Å². The van der Waals surface area contributed by atoms with E-state index >= 15 is 0 Å². The summed E-state index contributed by atoms with van der Waals surface area (Å²) in [5.74, 6) is -0.670. The molecule has 0 radical (unpaired) electrons. The Morgan fingerprint density at radius 2 is 2.14 bits per heavy atom. The average molecular weight is 307 g/mol. The number of nitrogens with two attached hydrogens (primary N) is 1. The molecule has 1 atom stereocenters. The number of carbonyl (C=O) groups is 1. The Balaban J connectivity index is 2.42. The van der Waals surface area contributed by atoms with Gasteiger partial charge >= 0.3 is 5.16 Å². The van der Waals surface area contributed by atoms with Crippen LogP contribution >= 0.6 is 0 Å². The number of nitrogen functional groups attached to an aromatic ring is 1. The van der Waals surface area contributed by atoms with E-state index in [-0.39, 0.29) is 22.1 Å². The zero-order valence-corrected chi connectivity index (χ0v) is 12.4. The van der Waals surface area contributed by atoms with Gasteiger partial charge in [0.1, 0.15) is 17.4 Å². The summed E-state index contributed by atoms with van der Waals surface area (Å²) in [6.45, 7) is 3.43. The van der Waals surface area contributed by atoms with Crippen LogP contribution in [0.4, 0.5) is 10.2 Å². The minimum atomic E-state index is -1.35. The molecule has 2 rings (SSSR count). The lowest BCUT2D eigenvalue weighted by molar-refractivity contribution is 0.103. The monoisotopic (exact) mass is 307 g/mol. The summed E-state index contributed by atoms with van der Waals surface area (Å²) in [4.78, 5) is 20.2. The van der Waals surface area contributed by atoms with Crippen LogP contribution in [0.2, 0.25) is 0 Å². The highest BCUT2D eigenvalue weighted by Gasteiger charge is 2.20. The van der Waals surface area contributed by atoms with Crippen LogP contribution in [0.25, 0.3) is 0 Å². The van der Waals surface area contributed by atoms with Crippen molar-refractivity contribution >= 4 is 22.8 Å². The molecule has 0 saturated heterocycles. The number of rotatable bonds is 4. The predicted molar refractivity (Wildman–Crippen MR) is 78.0 cm³/mol. The predicted octanol–water partition coefficient (Wildman–Crippen LogP) is 1.86. The summed E-state index contributed by atoms with van der Waals surface area (Å²) in [7, 11) is 0. The highest BCUT2D eigenvalue weighted by molar-refractivity contribution is 7.91. The van der Waals surface area contributed by atoms with Crippen LogP contribution in [0, 0.1) is 12.7 Å². The maximum atomic E-state index is 13.3. The molecular formula is C14H14FN3O2S. The molecule has 1 unspecified atom stereocenters. The van der Waals surface area contributed by atoms with Crippen LogP contribution in [0.15, 0.2) is 29.6 Å². The van der Waals surface area contributed by atoms with Gasteiger partial charge in [0.15, 0.2) is 5.78 Å². The van der Waals surface area contributed by atoms with E-state index in [4.69, 9.17) is 5.73 Å². The van der Waals surface area contributed by atoms with Gasteiger partial charge in [-0.1, -0.05) is 6.07 Å². The van der Waals surface area contributed by atoms with E-state index in [2.05, 4.69) is 9.97 Å². The van der Waals surface area contributed by atoms with E-state index in [1.54, 1.807) is 13.8 Å². The second kappa shape index (κ2) is 6.19. The zero-order valence-electron chi connectivity index (χ0n) is 11.6. The van der Waals surface area contributed by atoms with Crippen molar-refractivity contribution in [2.24, 2.45) is 0 Å². The molecule has 1 aromatic carbocycles. The third-order valence-electron chi connectivity index (χ3n) is 2.95. The fraction of sp³-hybridized carbons (Fsp3) is 0.214. The molecule has 0 saturated carbocycles. The fourth-order valence-corrected chi connectivity index (χ4v) is 2.40. The highest BCUT2D eigenvalue weighted by atomic mass is 32.2. The highest BCUT2D eigenvalue weighted by Crippen LogP contribution is 2.19. The Morgan fingerprint density at radius 1 is 1.43 bits per heavy atom. The molecule has 0 aliphatic heterocycles. The lowest BCUT2D eigenvalue weighted by Crippen LogP contribution is -2.14. The molecule has 0 fully saturated rings. The standard InChI is InChI=1S/C14H14FN3O2S/c1-3-21(20)14-17-7-11(13(16)18-14)12(19)10-6-9(15)5-4-8(10)2/h4-7H,3H2,1-2H3,(H2,16,17,18). The number of hydrogen-bond donors (Lipinski definition) is 1. The number of anilines is 1. The fourth-order valence-electron chi connectivity index (χ4n) is 1.78. The quantitative estimate of drug-likeness (QED) is 0.529. The van der Waals surface area contributed by atoms with E-state index in [0.29, 0.717) is 11.3 Å². The molecule has 110 valence electrons. The summed E-state index contributed by atoms with van der Waals surface area (Å²) in [6.07, 6.45) is 1.23. The van der Waals surface area contributed by atoms with Gasteiger partial charge in [-0.3, -0.25) is 4.79 Å². The summed E-state index contributed by atoms with van der Waals surface area (Å²) in [5.41, 5.74) is 6.64. The van der Waals surface area contributed by atoms with Crippen LogP contribution in [0.3, 0.4) is 0 Å². The molecule has 1 heterocycles. The largest absolute Gasteiger partial charge is 0.609 e. The minimum Gasteiger partial charge on any atom is -0.609 e. The Morgan fingerprint density at radius 3 is 2.76 bits per heavy atom. The average Bonchev–Trinajstić information content (AvgIpc) is 2.48. The first kappa shape index (κ1) is 15.4. The first-order valence-electron chi connectivity index (χ1n) is 6.25. The lowest BCUT2D eigenvalue weighted by Gasteiger charge is -2.09. The third-order valence-corrected chi connectivity index (χ3v) is 4.08. The SMILES string of the molecule is CC[S+]([O-])c1ncc(C(=O)c2cc(F)ccc2C)c(N)n1. The molecule has 1 aromatic heterocycles. The number of benzene rings is 1. The molecule has 21 heavy (non-hydrogen) atoms. The molecule has 2 N–H and O–H groups in total. The number of nitrogens with zero attached hydrogens (tertiary/aromatic N) is 2. The van der Waals surface area contributed by atoms with Crippen molar-refractivity contribution in [2.75, 3.05) is 11.5 Å². The first-order valence-corrected chi connectivity index (χ1v) is 7.57. The zero-order chi connectivity index (χ0) is 15.6. The molecule has 0 aliphatic carbocycles. The second-order valence-electron chi connectivity index (χ2n) is 4.37. The molecular weight excluding hydrogens is 293 g/mol. The number of aromatic nitrogens is 2. The first-order chi connectivity index (χ1) is 9.93. The van der Waals surface area contributed by atoms with Crippen molar-refractivity contribution in [1.29, 1.82) is 0 Å². The number of aryl methyl sites for hydroxylation is 1. The van der Waals surface area contributed by atoms with Crippen LogP contribution < -0.4 is 5.73 Å². The number of halogens is 1. The molecule has 0 amide bonds. The summed E-state index contributed by atoms with van der Waals surface area (Å²) in [6, 6.07) is 3.94. The van der Waals surface area contributed by atoms with Gasteiger partial charge < -0.3 is 10.3 Å². The van der Waals surface area contributed by atoms with Crippen LogP contribution in [-0.2, 0) is 11.2 Å². The molecule has 0 bridgehead atoms. The van der Waals surface area contributed by atoms with Gasteiger partial charge in [-0.05, 0) is 31.5 Å². The van der Waals surface area contributed by atoms with Crippen molar-refractivity contribution < 1.29 is 13.7 Å². The minimum absolute atomic E-state index is 0.0598. The maximum Gasteiger partial charge on any atom is 0.344 e. The van der Waals surface area contributed by atoms with Crippen molar-refractivity contribution in [3.8, 4) is 0 Å². The smallest absolute Gasteiger partial charge is 0.344 e. The van der Waals surface area contributed by atoms with E-state index in [0.717, 1.165) is 6.07 Å². The Labute approximate surface area is 124 Å². The molecule has 7 heteroatoms. The van der Waals surface area contributed by atoms with E-state index < -0.39 is 22.8 Å². The van der Waals surface area contributed by atoms with Gasteiger partial charge in [0, 0.05) is 22.9 Å². The van der Waals surface area contributed by atoms with Crippen LogP contribution in [0.5, 0.6) is 0 Å². The normalized spacial score (nSPS) is 12.2. The summed E-state index contributed by atoms with van der Waals surface area (Å²) < 4.78 is 24.9. The molecule has 5 nitrogen and oxygen atoms in total. The van der Waals surface area contributed by atoms with E-state index in [1.165, 1.54) is 18.3 Å². The third kappa shape index (κ3) is 3.20. The topological polar surface area (TPSA) is 91.9 Å². The lowest BCUT2D eigenvalue weighted by atomic mass is 10.0. The van der Waals surface area contributed by atoms with Crippen molar-refractivity contribution in [2.45, 2.75) is 19.0 Å². The van der Waals surface area contributed by atoms with Crippen molar-refractivity contribution in [1.82, 2.24) is 9.97 Å². The Kier molecular flexibility index (Phi) is 4.54. The van der Waals surface area contributed by atoms with E-state index in [9.17, 15) is 13.7 Å². The molecule has 2 aromatic rings. The van der Waals surface area contributed by atoms with Crippen molar-refractivity contribution in [3.63, 3.8) is 0 Å². The van der Waals surface area contributed by atoms with Gasteiger partial charge in [-0.15, -0.1) is 0 Å². The van der Waals surface area contributed by atoms with Gasteiger partial charge in [0.05, 0.1) is 5.56 Å². The van der Waals surface area contributed by atoms with E-state index in [1.807, 2.05) is 0 Å². The summed E-state index contributed by atoms with van der Waals surface area (Å²) >= 11 is -1.35. The molecule has 0 aliphatic rings. The second-order valence-corrected chi connectivity index (χ2v) is 6.01. The Hall–Kier alpha value is -1.99. The van der Waals surface area contributed by atoms with Gasteiger partial charge in [0.2, 0.25) is 0 Å². The molecule has 0 spiro atoms. The Bertz CT molecular complexity index is 694. The number of carbonyl (C=O) groups excluding carboxylic acids is 1.